The van der Waals surface area contributed by atoms with Gasteiger partial charge in [-0.3, -0.25) is 4.79 Å². The number of aryl methyl sites for hydroxylation is 2. The lowest BCUT2D eigenvalue weighted by Crippen LogP contribution is -2.39. The molecule has 2 aliphatic rings. The molecule has 2 aliphatic heterocycles. The summed E-state index contributed by atoms with van der Waals surface area (Å²) in [5, 5.41) is 3.54. The Bertz CT molecular complexity index is 511. The number of carbonyl (C=O) groups is 1. The van der Waals surface area contributed by atoms with Crippen LogP contribution in [0.3, 0.4) is 0 Å². The van der Waals surface area contributed by atoms with Gasteiger partial charge in [0.05, 0.1) is 5.92 Å². The second-order valence-corrected chi connectivity index (χ2v) is 6.08. The summed E-state index contributed by atoms with van der Waals surface area (Å²) in [6.45, 7) is 4.16. The van der Waals surface area contributed by atoms with Crippen molar-refractivity contribution in [3.63, 3.8) is 0 Å². The molecule has 3 rings (SSSR count). The van der Waals surface area contributed by atoms with E-state index in [1.165, 1.54) is 17.5 Å². The van der Waals surface area contributed by atoms with E-state index in [1.54, 1.807) is 0 Å². The summed E-state index contributed by atoms with van der Waals surface area (Å²) >= 11 is 0. The minimum Gasteiger partial charge on any atom is -0.315 e. The van der Waals surface area contributed by atoms with Gasteiger partial charge >= 0.3 is 0 Å². The van der Waals surface area contributed by atoms with Gasteiger partial charge in [-0.1, -0.05) is 17.7 Å². The van der Waals surface area contributed by atoms with Crippen LogP contribution >= 0.6 is 0 Å². The van der Waals surface area contributed by atoms with Crippen LogP contribution in [0.15, 0.2) is 18.2 Å². The monoisotopic (exact) mass is 258 g/mol. The fraction of sp³-hybridized carbons (Fsp3) is 0.562. The molecular weight excluding hydrogens is 236 g/mol. The summed E-state index contributed by atoms with van der Waals surface area (Å²) in [6, 6.07) is 7.25. The lowest BCUT2D eigenvalue weighted by molar-refractivity contribution is -0.122. The third kappa shape index (κ3) is 2.16. The average molecular weight is 258 g/mol. The second-order valence-electron chi connectivity index (χ2n) is 6.08. The molecule has 102 valence electrons. The molecule has 3 heteroatoms. The molecule has 0 aromatic heterocycles. The van der Waals surface area contributed by atoms with E-state index in [0.29, 0.717) is 12.1 Å². The first-order valence-corrected chi connectivity index (χ1v) is 7.17. The molecule has 0 spiro atoms. The zero-order valence-corrected chi connectivity index (χ0v) is 11.9. The molecule has 3 atom stereocenters. The van der Waals surface area contributed by atoms with Gasteiger partial charge in [0.2, 0.25) is 5.91 Å². The van der Waals surface area contributed by atoms with Crippen molar-refractivity contribution in [2.45, 2.75) is 45.2 Å². The fourth-order valence-corrected chi connectivity index (χ4v) is 3.65. The van der Waals surface area contributed by atoms with E-state index < -0.39 is 0 Å². The van der Waals surface area contributed by atoms with E-state index >= 15 is 0 Å². The van der Waals surface area contributed by atoms with Crippen LogP contribution in [0.25, 0.3) is 0 Å². The summed E-state index contributed by atoms with van der Waals surface area (Å²) in [5.41, 5.74) is 3.45. The lowest BCUT2D eigenvalue weighted by atomic mass is 9.88. The van der Waals surface area contributed by atoms with Gasteiger partial charge in [-0.05, 0) is 44.7 Å². The van der Waals surface area contributed by atoms with E-state index in [1.807, 2.05) is 11.9 Å². The van der Waals surface area contributed by atoms with Crippen molar-refractivity contribution in [3.8, 4) is 0 Å². The van der Waals surface area contributed by atoms with Gasteiger partial charge in [0.15, 0.2) is 0 Å². The first kappa shape index (κ1) is 12.7. The highest BCUT2D eigenvalue weighted by atomic mass is 16.2. The molecule has 0 radical (unpaired) electrons. The molecule has 2 fully saturated rings. The van der Waals surface area contributed by atoms with Gasteiger partial charge in [0, 0.05) is 24.8 Å². The Kier molecular flexibility index (Phi) is 3.09. The lowest BCUT2D eigenvalue weighted by Gasteiger charge is -2.27. The number of benzene rings is 1. The molecule has 1 N–H and O–H groups in total. The summed E-state index contributed by atoms with van der Waals surface area (Å²) in [4.78, 5) is 14.5. The van der Waals surface area contributed by atoms with Gasteiger partial charge in [-0.2, -0.15) is 0 Å². The van der Waals surface area contributed by atoms with E-state index in [4.69, 9.17) is 0 Å². The number of carbonyl (C=O) groups excluding carboxylic acids is 1. The molecule has 0 aliphatic carbocycles. The third-order valence-corrected chi connectivity index (χ3v) is 4.66. The van der Waals surface area contributed by atoms with Crippen LogP contribution in [-0.4, -0.2) is 25.0 Å². The van der Waals surface area contributed by atoms with Crippen LogP contribution in [0.5, 0.6) is 0 Å². The van der Waals surface area contributed by atoms with Crippen LogP contribution < -0.4 is 10.2 Å². The fourth-order valence-electron chi connectivity index (χ4n) is 3.65. The largest absolute Gasteiger partial charge is 0.315 e. The van der Waals surface area contributed by atoms with Gasteiger partial charge in [-0.25, -0.2) is 0 Å². The molecule has 3 unspecified atom stereocenters. The quantitative estimate of drug-likeness (QED) is 0.883. The molecule has 2 heterocycles. The predicted molar refractivity (Wildman–Crippen MR) is 77.4 cm³/mol. The molecule has 1 aromatic rings. The van der Waals surface area contributed by atoms with Gasteiger partial charge in [0.1, 0.15) is 0 Å². The van der Waals surface area contributed by atoms with Crippen molar-refractivity contribution >= 4 is 11.6 Å². The molecule has 2 bridgehead atoms. The van der Waals surface area contributed by atoms with E-state index in [9.17, 15) is 4.79 Å². The molecule has 2 saturated heterocycles. The smallest absolute Gasteiger partial charge is 0.231 e. The Morgan fingerprint density at radius 1 is 1.32 bits per heavy atom. The van der Waals surface area contributed by atoms with E-state index in [0.717, 1.165) is 18.5 Å². The SMILES string of the molecule is Cc1ccc(N(C)C(=O)C2CC3CCC2N3)c(C)c1. The van der Waals surface area contributed by atoms with Crippen molar-refractivity contribution in [2.75, 3.05) is 11.9 Å². The Balaban J connectivity index is 1.79. The highest BCUT2D eigenvalue weighted by molar-refractivity contribution is 5.96. The maximum Gasteiger partial charge on any atom is 0.231 e. The van der Waals surface area contributed by atoms with Gasteiger partial charge in [0.25, 0.3) is 0 Å². The maximum absolute atomic E-state index is 12.7. The number of nitrogens with one attached hydrogen (secondary N) is 1. The van der Waals surface area contributed by atoms with Gasteiger partial charge in [-0.15, -0.1) is 0 Å². The highest BCUT2D eigenvalue weighted by Crippen LogP contribution is 2.35. The van der Waals surface area contributed by atoms with Crippen molar-refractivity contribution in [1.29, 1.82) is 0 Å². The average Bonchev–Trinajstić information content (AvgIpc) is 2.99. The second kappa shape index (κ2) is 4.64. The third-order valence-electron chi connectivity index (χ3n) is 4.66. The zero-order chi connectivity index (χ0) is 13.6. The standard InChI is InChI=1S/C16H22N2O/c1-10-4-7-15(11(2)8-10)18(3)16(19)13-9-12-5-6-14(13)17-12/h4,7-8,12-14,17H,5-6,9H2,1-3H3. The van der Waals surface area contributed by atoms with Crippen LogP contribution in [0.2, 0.25) is 0 Å². The molecule has 19 heavy (non-hydrogen) atoms. The van der Waals surface area contributed by atoms with Crippen molar-refractivity contribution in [2.24, 2.45) is 5.92 Å². The zero-order valence-electron chi connectivity index (χ0n) is 11.9. The Labute approximate surface area is 115 Å². The summed E-state index contributed by atoms with van der Waals surface area (Å²) in [7, 11) is 1.91. The number of fused-ring (bicyclic) bond motifs is 2. The Morgan fingerprint density at radius 3 is 2.68 bits per heavy atom. The first-order valence-electron chi connectivity index (χ1n) is 7.17. The van der Waals surface area contributed by atoms with Crippen LogP contribution in [0.4, 0.5) is 5.69 Å². The summed E-state index contributed by atoms with van der Waals surface area (Å²) in [6.07, 6.45) is 3.41. The Morgan fingerprint density at radius 2 is 2.11 bits per heavy atom. The van der Waals surface area contributed by atoms with Crippen LogP contribution in [-0.2, 0) is 4.79 Å². The molecule has 1 aromatic carbocycles. The van der Waals surface area contributed by atoms with Crippen molar-refractivity contribution in [3.05, 3.63) is 29.3 Å². The van der Waals surface area contributed by atoms with Crippen LogP contribution in [0.1, 0.15) is 30.4 Å². The van der Waals surface area contributed by atoms with Crippen LogP contribution in [0, 0.1) is 19.8 Å². The maximum atomic E-state index is 12.7. The number of nitrogens with zero attached hydrogens (tertiary/aromatic N) is 1. The Hall–Kier alpha value is -1.35. The summed E-state index contributed by atoms with van der Waals surface area (Å²) in [5.74, 6) is 0.441. The molecular formula is C16H22N2O. The number of hydrogen-bond donors (Lipinski definition) is 1. The first-order chi connectivity index (χ1) is 9.06. The summed E-state index contributed by atoms with van der Waals surface area (Å²) < 4.78 is 0. The number of amides is 1. The molecule has 1 amide bonds. The topological polar surface area (TPSA) is 32.3 Å². The number of hydrogen-bond acceptors (Lipinski definition) is 2. The van der Waals surface area contributed by atoms with E-state index in [-0.39, 0.29) is 11.8 Å². The van der Waals surface area contributed by atoms with E-state index in [2.05, 4.69) is 37.4 Å². The predicted octanol–water partition coefficient (Wildman–Crippen LogP) is 2.41. The number of rotatable bonds is 2. The highest BCUT2D eigenvalue weighted by Gasteiger charge is 2.43. The van der Waals surface area contributed by atoms with Gasteiger partial charge < -0.3 is 10.2 Å². The minimum absolute atomic E-state index is 0.171. The normalized spacial score (nSPS) is 28.7. The van der Waals surface area contributed by atoms with Crippen molar-refractivity contribution < 1.29 is 4.79 Å². The number of anilines is 1. The minimum atomic E-state index is 0.171. The molecule has 0 saturated carbocycles. The molecule has 3 nitrogen and oxygen atoms in total. The van der Waals surface area contributed by atoms with Crippen molar-refractivity contribution in [1.82, 2.24) is 5.32 Å².